The van der Waals surface area contributed by atoms with E-state index in [1.165, 1.54) is 39.6 Å². The van der Waals surface area contributed by atoms with E-state index in [4.69, 9.17) is 4.74 Å². The summed E-state index contributed by atoms with van der Waals surface area (Å²) in [5.41, 5.74) is 0.485. The second kappa shape index (κ2) is 9.14. The van der Waals surface area contributed by atoms with Gasteiger partial charge in [-0.25, -0.2) is 18.0 Å². The van der Waals surface area contributed by atoms with Gasteiger partial charge in [0.15, 0.2) is 0 Å². The SMILES string of the molecule is O=C(CCC(F)F)NC[C@H]1CN(c2ccc(N3C=CS(O)(O)CC3)c(F)c2)C(=O)O1. The van der Waals surface area contributed by atoms with E-state index >= 15 is 0 Å². The van der Waals surface area contributed by atoms with E-state index in [1.807, 2.05) is 0 Å². The first-order chi connectivity index (χ1) is 14.1. The van der Waals surface area contributed by atoms with Gasteiger partial charge in [0, 0.05) is 31.0 Å². The maximum atomic E-state index is 14.6. The largest absolute Gasteiger partial charge is 0.442 e. The highest BCUT2D eigenvalue weighted by Crippen LogP contribution is 2.43. The molecule has 0 radical (unpaired) electrons. The van der Waals surface area contributed by atoms with Crippen LogP contribution in [0, 0.1) is 5.82 Å². The normalized spacial score (nSPS) is 21.7. The number of hydrogen-bond donors (Lipinski definition) is 3. The van der Waals surface area contributed by atoms with Crippen LogP contribution in [0.25, 0.3) is 0 Å². The van der Waals surface area contributed by atoms with Crippen LogP contribution in [0.2, 0.25) is 0 Å². The van der Waals surface area contributed by atoms with Gasteiger partial charge in [-0.2, -0.15) is 10.6 Å². The molecule has 0 bridgehead atoms. The van der Waals surface area contributed by atoms with Crippen molar-refractivity contribution in [2.24, 2.45) is 0 Å². The fourth-order valence-electron chi connectivity index (χ4n) is 3.04. The lowest BCUT2D eigenvalue weighted by molar-refractivity contribution is -0.122. The van der Waals surface area contributed by atoms with Gasteiger partial charge in [-0.15, -0.1) is 0 Å². The molecule has 3 N–H and O–H groups in total. The van der Waals surface area contributed by atoms with E-state index in [0.717, 1.165) is 0 Å². The van der Waals surface area contributed by atoms with Crippen LogP contribution in [-0.2, 0) is 9.53 Å². The zero-order chi connectivity index (χ0) is 21.9. The molecule has 0 unspecified atom stereocenters. The number of halogens is 3. The quantitative estimate of drug-likeness (QED) is 0.590. The van der Waals surface area contributed by atoms with Crippen molar-refractivity contribution in [3.63, 3.8) is 0 Å². The van der Waals surface area contributed by atoms with Gasteiger partial charge in [0.1, 0.15) is 11.9 Å². The van der Waals surface area contributed by atoms with Gasteiger partial charge in [0.2, 0.25) is 12.3 Å². The Balaban J connectivity index is 1.59. The van der Waals surface area contributed by atoms with Crippen molar-refractivity contribution in [2.45, 2.75) is 25.4 Å². The number of anilines is 2. The minimum atomic E-state index is -2.77. The van der Waals surface area contributed by atoms with E-state index in [1.54, 1.807) is 0 Å². The number of rotatable bonds is 7. The molecule has 2 amide bonds. The summed E-state index contributed by atoms with van der Waals surface area (Å²) in [6.45, 7) is 0.265. The molecule has 0 aromatic heterocycles. The van der Waals surface area contributed by atoms with Crippen LogP contribution in [0.5, 0.6) is 0 Å². The second-order valence-electron chi connectivity index (χ2n) is 6.89. The Kier molecular flexibility index (Phi) is 6.78. The van der Waals surface area contributed by atoms with Crippen LogP contribution in [0.15, 0.2) is 29.8 Å². The summed E-state index contributed by atoms with van der Waals surface area (Å²) in [4.78, 5) is 26.4. The van der Waals surface area contributed by atoms with Crippen LogP contribution >= 0.6 is 10.6 Å². The number of carbonyl (C=O) groups is 2. The molecular formula is C18H22F3N3O5S. The van der Waals surface area contributed by atoms with Crippen LogP contribution in [0.3, 0.4) is 0 Å². The Hall–Kier alpha value is -2.44. The van der Waals surface area contributed by atoms with E-state index in [2.05, 4.69) is 5.32 Å². The maximum absolute atomic E-state index is 14.6. The van der Waals surface area contributed by atoms with Crippen LogP contribution in [-0.4, -0.2) is 59.0 Å². The lowest BCUT2D eigenvalue weighted by Gasteiger charge is -2.36. The Morgan fingerprint density at radius 1 is 1.37 bits per heavy atom. The van der Waals surface area contributed by atoms with E-state index < -0.39 is 47.4 Å². The molecule has 30 heavy (non-hydrogen) atoms. The first-order valence-corrected chi connectivity index (χ1v) is 11.0. The van der Waals surface area contributed by atoms with Gasteiger partial charge < -0.3 is 15.0 Å². The standard InChI is InChI=1S/C18H22F3N3O5S/c19-14-9-12(1-2-15(14)23-5-7-30(27,28)8-6-23)24-11-13(29-18(24)26)10-22-17(25)4-3-16(20)21/h1-2,5,7,9,13,16,27-28H,3-4,6,8,10-11H2,(H,22,25)/t13-/m0/s1. The molecule has 3 rings (SSSR count). The number of ether oxygens (including phenoxy) is 1. The average molecular weight is 449 g/mol. The van der Waals surface area contributed by atoms with E-state index in [-0.39, 0.29) is 43.2 Å². The summed E-state index contributed by atoms with van der Waals surface area (Å²) in [7, 11) is -2.77. The molecule has 0 saturated carbocycles. The van der Waals surface area contributed by atoms with E-state index in [0.29, 0.717) is 0 Å². The van der Waals surface area contributed by atoms with Crippen molar-refractivity contribution < 1.29 is 36.6 Å². The van der Waals surface area contributed by atoms with Crippen molar-refractivity contribution in [1.82, 2.24) is 5.32 Å². The van der Waals surface area contributed by atoms with E-state index in [9.17, 15) is 31.9 Å². The first-order valence-electron chi connectivity index (χ1n) is 9.18. The fraction of sp³-hybridized carbons (Fsp3) is 0.444. The third-order valence-electron chi connectivity index (χ3n) is 4.63. The third-order valence-corrected chi connectivity index (χ3v) is 5.98. The second-order valence-corrected chi connectivity index (χ2v) is 9.00. The molecule has 1 aromatic carbocycles. The number of nitrogens with zero attached hydrogens (tertiary/aromatic N) is 2. The highest BCUT2D eigenvalue weighted by molar-refractivity contribution is 8.26. The number of cyclic esters (lactones) is 1. The summed E-state index contributed by atoms with van der Waals surface area (Å²) in [6, 6.07) is 4.17. The molecule has 8 nitrogen and oxygen atoms in total. The summed E-state index contributed by atoms with van der Waals surface area (Å²) in [5.74, 6) is -1.08. The van der Waals surface area contributed by atoms with Crippen molar-refractivity contribution in [3.05, 3.63) is 35.6 Å². The predicted molar refractivity (Wildman–Crippen MR) is 106 cm³/mol. The van der Waals surface area contributed by atoms with Crippen LogP contribution in [0.4, 0.5) is 29.3 Å². The molecular weight excluding hydrogens is 427 g/mol. The highest BCUT2D eigenvalue weighted by atomic mass is 32.3. The molecule has 1 aromatic rings. The summed E-state index contributed by atoms with van der Waals surface area (Å²) < 4.78 is 63.2. The summed E-state index contributed by atoms with van der Waals surface area (Å²) in [5, 5.41) is 3.68. The summed E-state index contributed by atoms with van der Waals surface area (Å²) >= 11 is 0. The van der Waals surface area contributed by atoms with Gasteiger partial charge in [-0.3, -0.25) is 18.8 Å². The molecule has 2 aliphatic rings. The van der Waals surface area contributed by atoms with Crippen molar-refractivity contribution >= 4 is 34.0 Å². The third kappa shape index (κ3) is 5.58. The Bertz CT molecular complexity index is 839. The zero-order valence-corrected chi connectivity index (χ0v) is 16.7. The lowest BCUT2D eigenvalue weighted by atomic mass is 10.2. The smallest absolute Gasteiger partial charge is 0.414 e. The topological polar surface area (TPSA) is 102 Å². The van der Waals surface area contributed by atoms with Crippen molar-refractivity contribution in [2.75, 3.05) is 35.2 Å². The highest BCUT2D eigenvalue weighted by Gasteiger charge is 2.33. The number of amides is 2. The fourth-order valence-corrected chi connectivity index (χ4v) is 3.98. The first kappa shape index (κ1) is 22.2. The van der Waals surface area contributed by atoms with Crippen molar-refractivity contribution in [1.29, 1.82) is 0 Å². The monoisotopic (exact) mass is 449 g/mol. The molecule has 0 spiro atoms. The Morgan fingerprint density at radius 2 is 2.13 bits per heavy atom. The van der Waals surface area contributed by atoms with Gasteiger partial charge in [0.25, 0.3) is 0 Å². The molecule has 1 saturated heterocycles. The molecule has 2 heterocycles. The Morgan fingerprint density at radius 3 is 2.77 bits per heavy atom. The minimum absolute atomic E-state index is 0.0319. The Labute approximate surface area is 172 Å². The zero-order valence-electron chi connectivity index (χ0n) is 15.8. The average Bonchev–Trinajstić information content (AvgIpc) is 3.05. The van der Waals surface area contributed by atoms with Crippen LogP contribution in [0.1, 0.15) is 12.8 Å². The molecule has 166 valence electrons. The number of hydrogen-bond acceptors (Lipinski definition) is 6. The predicted octanol–water partition coefficient (Wildman–Crippen LogP) is 3.35. The molecule has 12 heteroatoms. The lowest BCUT2D eigenvalue weighted by Crippen LogP contribution is -2.34. The number of benzene rings is 1. The summed E-state index contributed by atoms with van der Waals surface area (Å²) in [6.07, 6.45) is -3.42. The van der Waals surface area contributed by atoms with Crippen LogP contribution < -0.4 is 15.1 Å². The molecule has 1 fully saturated rings. The number of alkyl halides is 2. The van der Waals surface area contributed by atoms with Crippen molar-refractivity contribution in [3.8, 4) is 0 Å². The number of carbonyl (C=O) groups excluding carboxylic acids is 2. The minimum Gasteiger partial charge on any atom is -0.442 e. The number of nitrogens with one attached hydrogen (secondary N) is 1. The van der Waals surface area contributed by atoms with Gasteiger partial charge in [-0.1, -0.05) is 0 Å². The van der Waals surface area contributed by atoms with Gasteiger partial charge in [0.05, 0.1) is 30.2 Å². The van der Waals surface area contributed by atoms with Gasteiger partial charge in [-0.05, 0) is 18.2 Å². The maximum Gasteiger partial charge on any atom is 0.414 e. The molecule has 0 aliphatic carbocycles. The molecule has 2 aliphatic heterocycles. The molecule has 1 atom stereocenters. The van der Waals surface area contributed by atoms with Gasteiger partial charge >= 0.3 is 6.09 Å².